The van der Waals surface area contributed by atoms with Gasteiger partial charge in [-0.05, 0) is 26.0 Å². The number of hydrogen-bond donors (Lipinski definition) is 2. The Morgan fingerprint density at radius 2 is 2.11 bits per heavy atom. The van der Waals surface area contributed by atoms with Gasteiger partial charge in [-0.15, -0.1) is 0 Å². The van der Waals surface area contributed by atoms with Crippen molar-refractivity contribution in [1.29, 1.82) is 0 Å². The minimum atomic E-state index is -1.44. The molecule has 18 heavy (non-hydrogen) atoms. The van der Waals surface area contributed by atoms with Crippen LogP contribution in [-0.2, 0) is 6.54 Å². The van der Waals surface area contributed by atoms with Gasteiger partial charge in [-0.1, -0.05) is 0 Å². The van der Waals surface area contributed by atoms with Crippen molar-refractivity contribution in [2.75, 3.05) is 0 Å². The molecule has 0 aliphatic rings. The average molecular weight is 248 g/mol. The van der Waals surface area contributed by atoms with Gasteiger partial charge in [-0.2, -0.15) is 0 Å². The van der Waals surface area contributed by atoms with E-state index in [1.807, 2.05) is 0 Å². The lowest BCUT2D eigenvalue weighted by Gasteiger charge is -2.11. The van der Waals surface area contributed by atoms with E-state index in [9.17, 15) is 14.7 Å². The van der Waals surface area contributed by atoms with Crippen LogP contribution < -0.4 is 5.56 Å². The van der Waals surface area contributed by atoms with Crippen molar-refractivity contribution in [3.63, 3.8) is 0 Å². The fraction of sp³-hybridized carbons (Fsp3) is 0.250. The topological polar surface area (TPSA) is 92.4 Å². The number of aromatic hydroxyl groups is 1. The molecule has 2 rings (SSSR count). The zero-order valence-electron chi connectivity index (χ0n) is 9.97. The normalized spacial score (nSPS) is 10.8. The van der Waals surface area contributed by atoms with E-state index in [-0.39, 0.29) is 11.9 Å². The van der Waals surface area contributed by atoms with Gasteiger partial charge < -0.3 is 10.2 Å². The van der Waals surface area contributed by atoms with Gasteiger partial charge in [0.05, 0.1) is 5.39 Å². The van der Waals surface area contributed by atoms with Gasteiger partial charge in [0.2, 0.25) is 0 Å². The lowest BCUT2D eigenvalue weighted by Crippen LogP contribution is -2.27. The van der Waals surface area contributed by atoms with Crippen LogP contribution in [0.4, 0.5) is 0 Å². The van der Waals surface area contributed by atoms with Crippen LogP contribution in [0.15, 0.2) is 16.9 Å². The lowest BCUT2D eigenvalue weighted by atomic mass is 10.1. The zero-order valence-corrected chi connectivity index (χ0v) is 9.97. The van der Waals surface area contributed by atoms with Crippen LogP contribution in [0.3, 0.4) is 0 Å². The molecule has 0 aliphatic heterocycles. The first-order chi connectivity index (χ1) is 8.47. The number of aromatic carboxylic acids is 1. The van der Waals surface area contributed by atoms with E-state index < -0.39 is 22.8 Å². The molecule has 0 aromatic carbocycles. The first-order valence-corrected chi connectivity index (χ1v) is 5.43. The summed E-state index contributed by atoms with van der Waals surface area (Å²) >= 11 is 0. The van der Waals surface area contributed by atoms with Crippen LogP contribution in [-0.4, -0.2) is 25.7 Å². The van der Waals surface area contributed by atoms with Crippen LogP contribution in [0.1, 0.15) is 23.0 Å². The molecule has 0 saturated carbocycles. The number of pyridine rings is 2. The maximum absolute atomic E-state index is 12.0. The number of aryl methyl sites for hydroxylation is 2. The third-order valence-corrected chi connectivity index (χ3v) is 2.75. The molecule has 0 spiro atoms. The summed E-state index contributed by atoms with van der Waals surface area (Å²) in [6.45, 7) is 3.76. The van der Waals surface area contributed by atoms with Crippen molar-refractivity contribution in [2.45, 2.75) is 20.4 Å². The maximum Gasteiger partial charge on any atom is 0.345 e. The summed E-state index contributed by atoms with van der Waals surface area (Å²) in [5.41, 5.74) is -0.375. The Bertz CT molecular complexity index is 703. The van der Waals surface area contributed by atoms with Crippen molar-refractivity contribution in [3.8, 4) is 5.75 Å². The molecule has 0 atom stereocenters. The summed E-state index contributed by atoms with van der Waals surface area (Å²) in [7, 11) is 0. The fourth-order valence-electron chi connectivity index (χ4n) is 1.89. The molecule has 2 aromatic rings. The zero-order chi connectivity index (χ0) is 13.4. The second-order valence-electron chi connectivity index (χ2n) is 3.90. The molecule has 2 N–H and O–H groups in total. The van der Waals surface area contributed by atoms with Gasteiger partial charge >= 0.3 is 5.97 Å². The van der Waals surface area contributed by atoms with Crippen LogP contribution in [0, 0.1) is 6.92 Å². The average Bonchev–Trinajstić information content (AvgIpc) is 2.28. The predicted octanol–water partition coefficient (Wildman–Crippen LogP) is 1.13. The standard InChI is InChI=1S/C12H12N2O4/c1-3-14-10-7(5-4-6(2)13-10)9(15)8(11(14)16)12(17)18/h4-5,15H,3H2,1-2H3,(H,17,18). The third kappa shape index (κ3) is 1.62. The van der Waals surface area contributed by atoms with E-state index in [1.165, 1.54) is 4.57 Å². The van der Waals surface area contributed by atoms with Crippen molar-refractivity contribution < 1.29 is 15.0 Å². The summed E-state index contributed by atoms with van der Waals surface area (Å²) in [6.07, 6.45) is 0. The molecule has 0 unspecified atom stereocenters. The van der Waals surface area contributed by atoms with E-state index in [0.29, 0.717) is 11.3 Å². The van der Waals surface area contributed by atoms with E-state index in [1.54, 1.807) is 26.0 Å². The van der Waals surface area contributed by atoms with Gasteiger partial charge in [0, 0.05) is 12.2 Å². The van der Waals surface area contributed by atoms with E-state index in [0.717, 1.165) is 0 Å². The number of carboxylic acids is 1. The minimum Gasteiger partial charge on any atom is -0.506 e. The largest absolute Gasteiger partial charge is 0.506 e. The summed E-state index contributed by atoms with van der Waals surface area (Å²) < 4.78 is 1.24. The highest BCUT2D eigenvalue weighted by atomic mass is 16.4. The molecule has 0 fully saturated rings. The van der Waals surface area contributed by atoms with E-state index >= 15 is 0 Å². The monoisotopic (exact) mass is 248 g/mol. The maximum atomic E-state index is 12.0. The highest BCUT2D eigenvalue weighted by Crippen LogP contribution is 2.25. The van der Waals surface area contributed by atoms with Crippen LogP contribution >= 0.6 is 0 Å². The molecular formula is C12H12N2O4. The van der Waals surface area contributed by atoms with Gasteiger partial charge in [0.15, 0.2) is 5.56 Å². The minimum absolute atomic E-state index is 0.263. The Morgan fingerprint density at radius 1 is 1.44 bits per heavy atom. The summed E-state index contributed by atoms with van der Waals surface area (Å²) in [4.78, 5) is 27.2. The number of carboxylic acid groups (broad SMARTS) is 1. The second-order valence-corrected chi connectivity index (χ2v) is 3.90. The number of rotatable bonds is 2. The van der Waals surface area contributed by atoms with Crippen LogP contribution in [0.25, 0.3) is 11.0 Å². The van der Waals surface area contributed by atoms with Gasteiger partial charge in [0.25, 0.3) is 5.56 Å². The first-order valence-electron chi connectivity index (χ1n) is 5.43. The van der Waals surface area contributed by atoms with Crippen molar-refractivity contribution in [2.24, 2.45) is 0 Å². The van der Waals surface area contributed by atoms with Crippen LogP contribution in [0.2, 0.25) is 0 Å². The summed E-state index contributed by atoms with van der Waals surface area (Å²) in [5.74, 6) is -1.97. The Kier molecular flexibility index (Phi) is 2.78. The third-order valence-electron chi connectivity index (χ3n) is 2.75. The van der Waals surface area contributed by atoms with Gasteiger partial charge in [-0.25, -0.2) is 9.78 Å². The Labute approximate surface area is 102 Å². The molecule has 2 heterocycles. The van der Waals surface area contributed by atoms with Gasteiger partial charge in [0.1, 0.15) is 11.4 Å². The smallest absolute Gasteiger partial charge is 0.345 e. The van der Waals surface area contributed by atoms with E-state index in [4.69, 9.17) is 5.11 Å². The molecule has 0 bridgehead atoms. The number of carbonyl (C=O) groups is 1. The molecule has 0 saturated heterocycles. The van der Waals surface area contributed by atoms with Crippen molar-refractivity contribution >= 4 is 17.0 Å². The first kappa shape index (κ1) is 12.1. The predicted molar refractivity (Wildman–Crippen MR) is 65.0 cm³/mol. The number of aromatic nitrogens is 2. The van der Waals surface area contributed by atoms with Crippen molar-refractivity contribution in [1.82, 2.24) is 9.55 Å². The molecule has 2 aromatic heterocycles. The number of fused-ring (bicyclic) bond motifs is 1. The molecule has 94 valence electrons. The lowest BCUT2D eigenvalue weighted by molar-refractivity contribution is 0.0691. The highest BCUT2D eigenvalue weighted by molar-refractivity contribution is 5.97. The second kappa shape index (κ2) is 4.14. The quantitative estimate of drug-likeness (QED) is 0.831. The molecule has 6 heteroatoms. The van der Waals surface area contributed by atoms with Crippen LogP contribution in [0.5, 0.6) is 5.75 Å². The molecule has 0 aliphatic carbocycles. The molecule has 0 amide bonds. The van der Waals surface area contributed by atoms with Gasteiger partial charge in [-0.3, -0.25) is 9.36 Å². The number of hydrogen-bond acceptors (Lipinski definition) is 4. The fourth-order valence-corrected chi connectivity index (χ4v) is 1.89. The Balaban J connectivity index is 3.05. The molecular weight excluding hydrogens is 236 g/mol. The molecule has 6 nitrogen and oxygen atoms in total. The summed E-state index contributed by atoms with van der Waals surface area (Å²) in [5, 5.41) is 19.1. The SMILES string of the molecule is CCn1c(=O)c(C(=O)O)c(O)c2ccc(C)nc21. The Hall–Kier alpha value is -2.37. The summed E-state index contributed by atoms with van der Waals surface area (Å²) in [6, 6.07) is 3.21. The van der Waals surface area contributed by atoms with Crippen molar-refractivity contribution in [3.05, 3.63) is 33.7 Å². The highest BCUT2D eigenvalue weighted by Gasteiger charge is 2.21. The number of nitrogens with zero attached hydrogens (tertiary/aromatic N) is 2. The Morgan fingerprint density at radius 3 is 2.67 bits per heavy atom. The molecule has 0 radical (unpaired) electrons. The van der Waals surface area contributed by atoms with E-state index in [2.05, 4.69) is 4.98 Å².